The Labute approximate surface area is 646 Å². The second-order valence-electron chi connectivity index (χ2n) is 29.6. The van der Waals surface area contributed by atoms with Crippen molar-refractivity contribution in [3.8, 4) is 0 Å². The molecule has 3 saturated heterocycles. The summed E-state index contributed by atoms with van der Waals surface area (Å²) in [6, 6.07) is -1.00. The molecular formula is C88H151NO18. The van der Waals surface area contributed by atoms with Crippen molar-refractivity contribution in [3.63, 3.8) is 0 Å². The first kappa shape index (κ1) is 97.4. The first-order valence-electron chi connectivity index (χ1n) is 42.3. The van der Waals surface area contributed by atoms with Gasteiger partial charge in [0.25, 0.3) is 0 Å². The van der Waals surface area contributed by atoms with E-state index in [2.05, 4.69) is 129 Å². The molecule has 0 bridgehead atoms. The maximum Gasteiger partial charge on any atom is 0.220 e. The predicted molar refractivity (Wildman–Crippen MR) is 429 cm³/mol. The maximum atomic E-state index is 13.5. The van der Waals surface area contributed by atoms with Crippen LogP contribution in [0.15, 0.2) is 122 Å². The topological polar surface area (TPSA) is 307 Å². The van der Waals surface area contributed by atoms with Crippen LogP contribution in [0.4, 0.5) is 0 Å². The third-order valence-corrected chi connectivity index (χ3v) is 20.3. The molecule has 3 aliphatic heterocycles. The molecule has 3 aliphatic rings. The van der Waals surface area contributed by atoms with Crippen LogP contribution in [-0.4, -0.2) is 193 Å². The van der Waals surface area contributed by atoms with E-state index in [1.54, 1.807) is 6.08 Å². The van der Waals surface area contributed by atoms with Crippen molar-refractivity contribution in [1.82, 2.24) is 5.32 Å². The average molecular weight is 1510 g/mol. The van der Waals surface area contributed by atoms with E-state index < -0.39 is 124 Å². The molecule has 3 rings (SSSR count). The van der Waals surface area contributed by atoms with Gasteiger partial charge in [-0.05, 0) is 89.9 Å². The number of carbonyl (C=O) groups is 1. The lowest BCUT2D eigenvalue weighted by atomic mass is 9.96. The van der Waals surface area contributed by atoms with Gasteiger partial charge in [-0.2, -0.15) is 0 Å². The minimum absolute atomic E-state index is 0.196. The molecule has 19 heteroatoms. The maximum absolute atomic E-state index is 13.5. The first-order chi connectivity index (χ1) is 52.3. The van der Waals surface area contributed by atoms with Crippen molar-refractivity contribution in [2.24, 2.45) is 0 Å². The van der Waals surface area contributed by atoms with Gasteiger partial charge in [0.15, 0.2) is 18.9 Å². The van der Waals surface area contributed by atoms with Gasteiger partial charge in [0.05, 0.1) is 38.6 Å². The minimum atomic E-state index is -1.99. The Bertz CT molecular complexity index is 2410. The third kappa shape index (κ3) is 46.1. The van der Waals surface area contributed by atoms with E-state index in [0.29, 0.717) is 6.42 Å². The summed E-state index contributed by atoms with van der Waals surface area (Å²) < 4.78 is 34.5. The van der Waals surface area contributed by atoms with Crippen molar-refractivity contribution in [3.05, 3.63) is 122 Å². The quantitative estimate of drug-likeness (QED) is 0.0199. The Morgan fingerprint density at radius 1 is 0.346 bits per heavy atom. The molecule has 12 N–H and O–H groups in total. The molecule has 0 spiro atoms. The van der Waals surface area contributed by atoms with Gasteiger partial charge in [-0.1, -0.05) is 322 Å². The Balaban J connectivity index is 1.39. The lowest BCUT2D eigenvalue weighted by Gasteiger charge is -2.48. The van der Waals surface area contributed by atoms with E-state index in [1.807, 2.05) is 6.08 Å². The van der Waals surface area contributed by atoms with Gasteiger partial charge in [-0.25, -0.2) is 0 Å². The highest BCUT2D eigenvalue weighted by Crippen LogP contribution is 2.33. The molecule has 19 nitrogen and oxygen atoms in total. The van der Waals surface area contributed by atoms with Crippen LogP contribution in [-0.2, 0) is 33.2 Å². The summed E-state index contributed by atoms with van der Waals surface area (Å²) in [5.74, 6) is -0.309. The van der Waals surface area contributed by atoms with Gasteiger partial charge in [-0.3, -0.25) is 4.79 Å². The number of allylic oxidation sites excluding steroid dienone is 19. The molecule has 0 aliphatic carbocycles. The van der Waals surface area contributed by atoms with Crippen molar-refractivity contribution < 1.29 is 89.4 Å². The molecule has 3 heterocycles. The van der Waals surface area contributed by atoms with Crippen LogP contribution in [0.3, 0.4) is 0 Å². The zero-order chi connectivity index (χ0) is 77.4. The average Bonchev–Trinajstić information content (AvgIpc) is 0.780. The van der Waals surface area contributed by atoms with Crippen LogP contribution >= 0.6 is 0 Å². The highest BCUT2D eigenvalue weighted by Gasteiger charge is 2.54. The monoisotopic (exact) mass is 1510 g/mol. The fraction of sp³-hybridized carbons (Fsp3) is 0.761. The number of aliphatic hydroxyl groups excluding tert-OH is 11. The molecule has 17 atom stereocenters. The molecule has 17 unspecified atom stereocenters. The third-order valence-electron chi connectivity index (χ3n) is 20.3. The lowest BCUT2D eigenvalue weighted by Crippen LogP contribution is -2.66. The van der Waals surface area contributed by atoms with Gasteiger partial charge in [0.2, 0.25) is 5.91 Å². The zero-order valence-electron chi connectivity index (χ0n) is 66.1. The van der Waals surface area contributed by atoms with E-state index in [-0.39, 0.29) is 18.9 Å². The number of aliphatic hydroxyl groups is 11. The van der Waals surface area contributed by atoms with Gasteiger partial charge in [0, 0.05) is 6.42 Å². The minimum Gasteiger partial charge on any atom is -0.394 e. The van der Waals surface area contributed by atoms with E-state index in [1.165, 1.54) is 167 Å². The summed E-state index contributed by atoms with van der Waals surface area (Å²) in [4.78, 5) is 13.5. The molecule has 616 valence electrons. The van der Waals surface area contributed by atoms with Crippen LogP contribution in [0.1, 0.15) is 296 Å². The Kier molecular flexibility index (Phi) is 60.8. The summed E-state index contributed by atoms with van der Waals surface area (Å²) in [5, 5.41) is 121. The van der Waals surface area contributed by atoms with Crippen LogP contribution in [0.2, 0.25) is 0 Å². The van der Waals surface area contributed by atoms with Crippen molar-refractivity contribution in [1.29, 1.82) is 0 Å². The fourth-order valence-corrected chi connectivity index (χ4v) is 13.5. The number of ether oxygens (including phenoxy) is 6. The highest BCUT2D eigenvalue weighted by molar-refractivity contribution is 5.76. The first-order valence-corrected chi connectivity index (χ1v) is 42.3. The number of rotatable bonds is 66. The molecule has 0 aromatic rings. The van der Waals surface area contributed by atoms with Gasteiger partial charge >= 0.3 is 0 Å². The van der Waals surface area contributed by atoms with E-state index in [0.717, 1.165) is 103 Å². The number of carbonyl (C=O) groups excluding carboxylic acids is 1. The predicted octanol–water partition coefficient (Wildman–Crippen LogP) is 15.1. The Morgan fingerprint density at radius 2 is 0.645 bits per heavy atom. The van der Waals surface area contributed by atoms with Gasteiger partial charge < -0.3 is 89.9 Å². The molecule has 3 fully saturated rings. The summed E-state index contributed by atoms with van der Waals surface area (Å²) in [6.45, 7) is 1.62. The smallest absolute Gasteiger partial charge is 0.220 e. The number of unbranched alkanes of at least 4 members (excludes halogenated alkanes) is 32. The van der Waals surface area contributed by atoms with Crippen LogP contribution in [0.5, 0.6) is 0 Å². The SMILES string of the molecule is CC/C=C\C/C=C\C/C=C\C/C=C\C/C=C\C/C=C\C/C=C\C/C=C\C/C=C\CCCCCC(=O)NC(COC1OC(CO)C(OC2OC(CO)C(OC3OC(CO)C(O)C(O)C3O)C(O)C2O)C(O)C1O)C(O)/C=C/CCCCCCCCCCCCCCCCCCCCCCCCCCCCCCC. The Hall–Kier alpha value is -3.81. The van der Waals surface area contributed by atoms with Crippen LogP contribution < -0.4 is 5.32 Å². The van der Waals surface area contributed by atoms with Crippen molar-refractivity contribution in [2.45, 2.75) is 401 Å². The molecule has 0 saturated carbocycles. The number of amides is 1. The van der Waals surface area contributed by atoms with Crippen molar-refractivity contribution >= 4 is 5.91 Å². The molecule has 0 aromatic carbocycles. The van der Waals surface area contributed by atoms with Crippen molar-refractivity contribution in [2.75, 3.05) is 26.4 Å². The van der Waals surface area contributed by atoms with E-state index >= 15 is 0 Å². The largest absolute Gasteiger partial charge is 0.394 e. The number of hydrogen-bond acceptors (Lipinski definition) is 18. The summed E-state index contributed by atoms with van der Waals surface area (Å²) in [5.41, 5.74) is 0. The number of hydrogen-bond donors (Lipinski definition) is 12. The van der Waals surface area contributed by atoms with Crippen LogP contribution in [0.25, 0.3) is 0 Å². The summed E-state index contributed by atoms with van der Waals surface area (Å²) in [6.07, 6.45) is 67.6. The normalized spacial score (nSPS) is 26.2. The highest BCUT2D eigenvalue weighted by atomic mass is 16.8. The molecule has 0 radical (unpaired) electrons. The molecular weight excluding hydrogens is 1360 g/mol. The molecule has 1 amide bonds. The number of nitrogens with one attached hydrogen (secondary N) is 1. The summed E-state index contributed by atoms with van der Waals surface area (Å²) >= 11 is 0. The van der Waals surface area contributed by atoms with E-state index in [9.17, 15) is 61.0 Å². The molecule has 107 heavy (non-hydrogen) atoms. The van der Waals surface area contributed by atoms with Gasteiger partial charge in [0.1, 0.15) is 73.2 Å². The van der Waals surface area contributed by atoms with E-state index in [4.69, 9.17) is 28.4 Å². The van der Waals surface area contributed by atoms with Crippen LogP contribution in [0, 0.1) is 0 Å². The summed E-state index contributed by atoms with van der Waals surface area (Å²) in [7, 11) is 0. The second-order valence-corrected chi connectivity index (χ2v) is 29.6. The van der Waals surface area contributed by atoms with Gasteiger partial charge in [-0.15, -0.1) is 0 Å². The lowest BCUT2D eigenvalue weighted by molar-refractivity contribution is -0.379. The molecule has 0 aromatic heterocycles. The fourth-order valence-electron chi connectivity index (χ4n) is 13.5. The standard InChI is InChI=1S/C88H151NO18/c1-3-5-7-9-11-13-15-17-19-21-23-25-27-29-31-33-35-37-39-41-43-45-47-49-51-53-55-57-59-61-63-65-72(93)71(89-76(94)66-64-62-60-58-56-54-52-50-48-46-44-42-40-38-36-34-32-30-28-26-24-22-20-18-16-14-12-10-8-6-4-2)70-102-86-82(100)79(97)84(74(68-91)104-86)107-88-83(101)80(98)85(75(69-92)105-88)106-87-81(99)78(96)77(95)73(67-90)103-87/h6,8,12,14,18,20,24,26,30,32,36,38,42,44,48,50,54,56,63,65,71-75,77-88,90-93,95-101H,3-5,7,9-11,13,15-17,19,21-23,25,27-29,31,33-35,37,39-41,43,45-47,49,51-53,55,57-62,64,66-70H2,1-2H3,(H,89,94)/b8-6-,14-12-,20-18-,26-24-,32-30-,38-36-,44-42-,50-48-,56-54-,65-63+. The second kappa shape index (κ2) is 66.8. The Morgan fingerprint density at radius 3 is 1.01 bits per heavy atom. The zero-order valence-corrected chi connectivity index (χ0v) is 66.1.